The van der Waals surface area contributed by atoms with Gasteiger partial charge < -0.3 is 4.90 Å². The van der Waals surface area contributed by atoms with Crippen LogP contribution in [0.25, 0.3) is 0 Å². The number of carbonyl (C=O) groups is 1. The highest BCUT2D eigenvalue weighted by atomic mass is 16.1. The van der Waals surface area contributed by atoms with Gasteiger partial charge >= 0.3 is 0 Å². The lowest BCUT2D eigenvalue weighted by molar-refractivity contribution is -0.121. The zero-order valence-corrected chi connectivity index (χ0v) is 10.8. The summed E-state index contributed by atoms with van der Waals surface area (Å²) in [6.07, 6.45) is 3.74. The van der Waals surface area contributed by atoms with Gasteiger partial charge in [-0.15, -0.1) is 0 Å². The van der Waals surface area contributed by atoms with Crippen molar-refractivity contribution in [3.05, 3.63) is 11.8 Å². The SMILES string of the molecule is CN(C)C=C1C(=O)CC(C)(C)CC1(C)C. The van der Waals surface area contributed by atoms with E-state index in [4.69, 9.17) is 0 Å². The Bertz CT molecular complexity index is 298. The van der Waals surface area contributed by atoms with Gasteiger partial charge in [0, 0.05) is 32.3 Å². The largest absolute Gasteiger partial charge is 0.383 e. The molecule has 0 atom stereocenters. The van der Waals surface area contributed by atoms with E-state index in [2.05, 4.69) is 27.7 Å². The van der Waals surface area contributed by atoms with Crippen molar-refractivity contribution in [1.29, 1.82) is 0 Å². The molecule has 0 radical (unpaired) electrons. The summed E-state index contributed by atoms with van der Waals surface area (Å²) in [4.78, 5) is 14.0. The van der Waals surface area contributed by atoms with E-state index in [0.717, 1.165) is 12.0 Å². The summed E-state index contributed by atoms with van der Waals surface area (Å²) in [5.41, 5.74) is 1.12. The fourth-order valence-electron chi connectivity index (χ4n) is 2.77. The highest BCUT2D eigenvalue weighted by Crippen LogP contribution is 2.47. The van der Waals surface area contributed by atoms with Crippen LogP contribution < -0.4 is 0 Å². The third-order valence-corrected chi connectivity index (χ3v) is 2.98. The van der Waals surface area contributed by atoms with Gasteiger partial charge in [0.05, 0.1) is 0 Å². The van der Waals surface area contributed by atoms with Crippen LogP contribution in [-0.2, 0) is 4.79 Å². The zero-order chi connectivity index (χ0) is 11.9. The molecular weight excluding hydrogens is 186 g/mol. The first kappa shape index (κ1) is 12.3. The molecule has 2 heteroatoms. The topological polar surface area (TPSA) is 20.3 Å². The molecule has 0 spiro atoms. The molecule has 15 heavy (non-hydrogen) atoms. The van der Waals surface area contributed by atoms with Crippen molar-refractivity contribution in [2.24, 2.45) is 10.8 Å². The highest BCUT2D eigenvalue weighted by Gasteiger charge is 2.41. The number of hydrogen-bond donors (Lipinski definition) is 0. The average molecular weight is 209 g/mol. The third-order valence-electron chi connectivity index (χ3n) is 2.98. The molecular formula is C13H23NO. The summed E-state index contributed by atoms with van der Waals surface area (Å²) in [6, 6.07) is 0. The van der Waals surface area contributed by atoms with Crippen molar-refractivity contribution in [3.8, 4) is 0 Å². The predicted molar refractivity (Wildman–Crippen MR) is 63.6 cm³/mol. The van der Waals surface area contributed by atoms with E-state index in [0.29, 0.717) is 12.2 Å². The van der Waals surface area contributed by atoms with Gasteiger partial charge in [-0.05, 0) is 17.3 Å². The van der Waals surface area contributed by atoms with Gasteiger partial charge in [0.2, 0.25) is 0 Å². The molecule has 1 aliphatic rings. The summed E-state index contributed by atoms with van der Waals surface area (Å²) in [6.45, 7) is 8.69. The van der Waals surface area contributed by atoms with Gasteiger partial charge in [-0.1, -0.05) is 27.7 Å². The highest BCUT2D eigenvalue weighted by molar-refractivity contribution is 5.97. The molecule has 2 nitrogen and oxygen atoms in total. The second-order valence-electron chi connectivity index (χ2n) is 6.33. The Morgan fingerprint density at radius 2 is 1.73 bits per heavy atom. The minimum Gasteiger partial charge on any atom is -0.383 e. The molecule has 0 N–H and O–H groups in total. The molecule has 0 aromatic rings. The van der Waals surface area contributed by atoms with Crippen LogP contribution in [0.2, 0.25) is 0 Å². The van der Waals surface area contributed by atoms with Gasteiger partial charge in [-0.25, -0.2) is 0 Å². The number of rotatable bonds is 1. The van der Waals surface area contributed by atoms with Crippen molar-refractivity contribution in [3.63, 3.8) is 0 Å². The van der Waals surface area contributed by atoms with E-state index in [1.165, 1.54) is 0 Å². The molecule has 0 aliphatic heterocycles. The first-order valence-corrected chi connectivity index (χ1v) is 5.56. The van der Waals surface area contributed by atoms with Gasteiger partial charge in [0.25, 0.3) is 0 Å². The van der Waals surface area contributed by atoms with Crippen LogP contribution in [0.4, 0.5) is 0 Å². The molecule has 1 fully saturated rings. The van der Waals surface area contributed by atoms with Crippen molar-refractivity contribution >= 4 is 5.78 Å². The summed E-state index contributed by atoms with van der Waals surface area (Å²) >= 11 is 0. The maximum absolute atomic E-state index is 12.1. The molecule has 0 aromatic heterocycles. The monoisotopic (exact) mass is 209 g/mol. The van der Waals surface area contributed by atoms with Crippen LogP contribution in [0.15, 0.2) is 11.8 Å². The number of carbonyl (C=O) groups excluding carboxylic acids is 1. The Hall–Kier alpha value is -0.790. The fraction of sp³-hybridized carbons (Fsp3) is 0.769. The molecule has 1 rings (SSSR count). The van der Waals surface area contributed by atoms with Gasteiger partial charge in [0.1, 0.15) is 0 Å². The summed E-state index contributed by atoms with van der Waals surface area (Å²) in [7, 11) is 3.94. The van der Waals surface area contributed by atoms with E-state index < -0.39 is 0 Å². The molecule has 0 bridgehead atoms. The standard InChI is InChI=1S/C13H23NO/c1-12(2)7-11(15)10(8-14(5)6)13(3,4)9-12/h8H,7,9H2,1-6H3. The molecule has 0 unspecified atom stereocenters. The van der Waals surface area contributed by atoms with Crippen LogP contribution >= 0.6 is 0 Å². The average Bonchev–Trinajstić information content (AvgIpc) is 1.93. The van der Waals surface area contributed by atoms with Crippen LogP contribution in [0.1, 0.15) is 40.5 Å². The maximum Gasteiger partial charge on any atom is 0.161 e. The molecule has 0 amide bonds. The lowest BCUT2D eigenvalue weighted by atomic mass is 9.62. The Morgan fingerprint density at radius 3 is 2.13 bits per heavy atom. The Kier molecular flexibility index (Phi) is 2.99. The molecule has 0 saturated heterocycles. The summed E-state index contributed by atoms with van der Waals surface area (Å²) in [5, 5.41) is 0. The van der Waals surface area contributed by atoms with Crippen molar-refractivity contribution in [2.75, 3.05) is 14.1 Å². The van der Waals surface area contributed by atoms with Crippen molar-refractivity contribution in [1.82, 2.24) is 4.90 Å². The molecule has 1 saturated carbocycles. The number of Topliss-reactive ketones (excluding diaryl/α,β-unsaturated/α-hetero) is 1. The number of allylic oxidation sites excluding steroid dienone is 1. The van der Waals surface area contributed by atoms with Crippen LogP contribution in [0, 0.1) is 10.8 Å². The van der Waals surface area contributed by atoms with E-state index in [1.807, 2.05) is 25.2 Å². The quantitative estimate of drug-likeness (QED) is 0.619. The van der Waals surface area contributed by atoms with E-state index in [9.17, 15) is 4.79 Å². The van der Waals surface area contributed by atoms with Gasteiger partial charge in [-0.3, -0.25) is 4.79 Å². The van der Waals surface area contributed by atoms with Gasteiger partial charge in [0.15, 0.2) is 5.78 Å². The lowest BCUT2D eigenvalue weighted by Crippen LogP contribution is -2.37. The Balaban J connectivity index is 3.05. The Morgan fingerprint density at radius 1 is 1.20 bits per heavy atom. The summed E-state index contributed by atoms with van der Waals surface area (Å²) in [5.74, 6) is 0.310. The van der Waals surface area contributed by atoms with E-state index in [-0.39, 0.29) is 10.8 Å². The zero-order valence-electron chi connectivity index (χ0n) is 10.8. The lowest BCUT2D eigenvalue weighted by Gasteiger charge is -2.41. The van der Waals surface area contributed by atoms with E-state index >= 15 is 0 Å². The van der Waals surface area contributed by atoms with Gasteiger partial charge in [-0.2, -0.15) is 0 Å². The number of nitrogens with zero attached hydrogens (tertiary/aromatic N) is 1. The number of ketones is 1. The van der Waals surface area contributed by atoms with Crippen molar-refractivity contribution in [2.45, 2.75) is 40.5 Å². The van der Waals surface area contributed by atoms with Crippen LogP contribution in [-0.4, -0.2) is 24.8 Å². The predicted octanol–water partition coefficient (Wildman–Crippen LogP) is 2.85. The van der Waals surface area contributed by atoms with Crippen molar-refractivity contribution < 1.29 is 4.79 Å². The normalized spacial score (nSPS) is 26.8. The molecule has 0 aromatic carbocycles. The second-order valence-corrected chi connectivity index (χ2v) is 6.33. The fourth-order valence-corrected chi connectivity index (χ4v) is 2.77. The molecule has 0 heterocycles. The maximum atomic E-state index is 12.1. The van der Waals surface area contributed by atoms with E-state index in [1.54, 1.807) is 0 Å². The molecule has 86 valence electrons. The second kappa shape index (κ2) is 3.66. The third kappa shape index (κ3) is 2.83. The smallest absolute Gasteiger partial charge is 0.161 e. The number of hydrogen-bond acceptors (Lipinski definition) is 2. The van der Waals surface area contributed by atoms with Crippen LogP contribution in [0.5, 0.6) is 0 Å². The first-order chi connectivity index (χ1) is 6.64. The Labute approximate surface area is 93.3 Å². The summed E-state index contributed by atoms with van der Waals surface area (Å²) < 4.78 is 0. The van der Waals surface area contributed by atoms with Crippen LogP contribution in [0.3, 0.4) is 0 Å². The molecule has 1 aliphatic carbocycles. The minimum atomic E-state index is 0.00308. The first-order valence-electron chi connectivity index (χ1n) is 5.56. The minimum absolute atomic E-state index is 0.00308.